The molecule has 1 aromatic heterocycles. The Labute approximate surface area is 160 Å². The van der Waals surface area contributed by atoms with E-state index in [0.717, 1.165) is 6.42 Å². The fourth-order valence-corrected chi connectivity index (χ4v) is 2.60. The van der Waals surface area contributed by atoms with E-state index in [-0.39, 0.29) is 10.7 Å². The molecule has 1 fully saturated rings. The number of thiocarbonyl (C=S) groups is 1. The molecule has 1 aliphatic rings. The monoisotopic (exact) mass is 384 g/mol. The lowest BCUT2D eigenvalue weighted by molar-refractivity contribution is -0.123. The van der Waals surface area contributed by atoms with E-state index in [2.05, 4.69) is 10.6 Å². The molecule has 0 spiro atoms. The number of furan rings is 1. The molecule has 2 aromatic rings. The van der Waals surface area contributed by atoms with Gasteiger partial charge in [0, 0.05) is 5.56 Å². The first-order valence-electron chi connectivity index (χ1n) is 8.23. The molecule has 7 nitrogen and oxygen atoms in total. The van der Waals surface area contributed by atoms with Crippen molar-refractivity contribution >= 4 is 41.2 Å². The number of amides is 2. The van der Waals surface area contributed by atoms with E-state index in [1.54, 1.807) is 36.4 Å². The standard InChI is InChI=1S/C19H16N2O5S/c1-2-8-25-18(24)12-5-3-4-11(9-12)15-7-6-13(26-15)10-14-16(22)20-19(27)21-17(14)23/h3-7,9-10H,2,8H2,1H3,(H2,20,21,22,23,27). The third-order valence-electron chi connectivity index (χ3n) is 3.68. The molecule has 2 N–H and O–H groups in total. The number of carbonyl (C=O) groups excluding carboxylic acids is 3. The Hall–Kier alpha value is -3.26. The zero-order valence-corrected chi connectivity index (χ0v) is 15.2. The van der Waals surface area contributed by atoms with Crippen molar-refractivity contribution in [2.45, 2.75) is 13.3 Å². The van der Waals surface area contributed by atoms with E-state index in [0.29, 0.717) is 29.3 Å². The van der Waals surface area contributed by atoms with Gasteiger partial charge in [-0.2, -0.15) is 0 Å². The molecule has 1 aromatic carbocycles. The zero-order chi connectivity index (χ0) is 19.4. The van der Waals surface area contributed by atoms with E-state index in [1.165, 1.54) is 6.08 Å². The van der Waals surface area contributed by atoms with Crippen LogP contribution < -0.4 is 10.6 Å². The van der Waals surface area contributed by atoms with Crippen molar-refractivity contribution in [1.82, 2.24) is 10.6 Å². The van der Waals surface area contributed by atoms with Crippen LogP contribution in [-0.4, -0.2) is 29.5 Å². The van der Waals surface area contributed by atoms with E-state index < -0.39 is 17.8 Å². The maximum atomic E-state index is 12.0. The molecule has 2 heterocycles. The van der Waals surface area contributed by atoms with E-state index in [4.69, 9.17) is 21.4 Å². The van der Waals surface area contributed by atoms with Crippen molar-refractivity contribution in [2.24, 2.45) is 0 Å². The number of hydrogen-bond acceptors (Lipinski definition) is 6. The van der Waals surface area contributed by atoms with Crippen molar-refractivity contribution in [3.8, 4) is 11.3 Å². The summed E-state index contributed by atoms with van der Waals surface area (Å²) in [6.45, 7) is 2.28. The molecule has 138 valence electrons. The van der Waals surface area contributed by atoms with Gasteiger partial charge in [-0.25, -0.2) is 4.79 Å². The molecule has 0 bridgehead atoms. The number of nitrogens with one attached hydrogen (secondary N) is 2. The summed E-state index contributed by atoms with van der Waals surface area (Å²) in [5.41, 5.74) is 0.975. The van der Waals surface area contributed by atoms with Crippen LogP contribution in [0.4, 0.5) is 0 Å². The lowest BCUT2D eigenvalue weighted by Gasteiger charge is -2.15. The highest BCUT2D eigenvalue weighted by Gasteiger charge is 2.26. The number of benzene rings is 1. The molecule has 27 heavy (non-hydrogen) atoms. The zero-order valence-electron chi connectivity index (χ0n) is 14.4. The highest BCUT2D eigenvalue weighted by molar-refractivity contribution is 7.80. The quantitative estimate of drug-likeness (QED) is 0.356. The molecule has 8 heteroatoms. The first-order valence-corrected chi connectivity index (χ1v) is 8.64. The van der Waals surface area contributed by atoms with Crippen molar-refractivity contribution in [2.75, 3.05) is 6.61 Å². The summed E-state index contributed by atoms with van der Waals surface area (Å²) in [6.07, 6.45) is 2.07. The highest BCUT2D eigenvalue weighted by Crippen LogP contribution is 2.25. The van der Waals surface area contributed by atoms with Crippen LogP contribution in [0.3, 0.4) is 0 Å². The van der Waals surface area contributed by atoms with Crippen molar-refractivity contribution in [3.63, 3.8) is 0 Å². The summed E-state index contributed by atoms with van der Waals surface area (Å²) in [5, 5.41) is 4.68. The normalized spacial score (nSPS) is 13.8. The number of esters is 1. The molecule has 1 saturated heterocycles. The third-order valence-corrected chi connectivity index (χ3v) is 3.88. The molecule has 0 saturated carbocycles. The van der Waals surface area contributed by atoms with Gasteiger partial charge in [-0.15, -0.1) is 0 Å². The van der Waals surface area contributed by atoms with Gasteiger partial charge in [-0.05, 0) is 49.0 Å². The minimum Gasteiger partial charge on any atom is -0.462 e. The van der Waals surface area contributed by atoms with Crippen LogP contribution in [0.2, 0.25) is 0 Å². The molecule has 0 unspecified atom stereocenters. The van der Waals surface area contributed by atoms with Gasteiger partial charge in [0.25, 0.3) is 11.8 Å². The first kappa shape index (κ1) is 18.5. The van der Waals surface area contributed by atoms with Crippen LogP contribution in [0.25, 0.3) is 17.4 Å². The summed E-state index contributed by atoms with van der Waals surface area (Å²) in [7, 11) is 0. The van der Waals surface area contributed by atoms with E-state index >= 15 is 0 Å². The van der Waals surface area contributed by atoms with Gasteiger partial charge in [0.2, 0.25) is 0 Å². The summed E-state index contributed by atoms with van der Waals surface area (Å²) in [5.74, 6) is -0.792. The highest BCUT2D eigenvalue weighted by atomic mass is 32.1. The Morgan fingerprint density at radius 2 is 1.93 bits per heavy atom. The molecular formula is C19H16N2O5S. The number of ether oxygens (including phenoxy) is 1. The Morgan fingerprint density at radius 3 is 2.63 bits per heavy atom. The first-order chi connectivity index (χ1) is 13.0. The van der Waals surface area contributed by atoms with Gasteiger partial charge < -0.3 is 9.15 Å². The van der Waals surface area contributed by atoms with Crippen LogP contribution in [0.1, 0.15) is 29.5 Å². The van der Waals surface area contributed by atoms with Crippen molar-refractivity contribution in [1.29, 1.82) is 0 Å². The van der Waals surface area contributed by atoms with Crippen LogP contribution >= 0.6 is 12.2 Å². The van der Waals surface area contributed by atoms with Crippen molar-refractivity contribution in [3.05, 3.63) is 53.3 Å². The molecule has 0 aliphatic carbocycles. The molecule has 2 amide bonds. The van der Waals surface area contributed by atoms with Gasteiger partial charge in [-0.1, -0.05) is 19.1 Å². The maximum absolute atomic E-state index is 12.0. The summed E-state index contributed by atoms with van der Waals surface area (Å²) in [4.78, 5) is 35.8. The minimum absolute atomic E-state index is 0.0333. The van der Waals surface area contributed by atoms with E-state index in [9.17, 15) is 14.4 Å². The van der Waals surface area contributed by atoms with Gasteiger partial charge in [0.15, 0.2) is 5.11 Å². The second-order valence-corrected chi connectivity index (χ2v) is 6.12. The summed E-state index contributed by atoms with van der Waals surface area (Å²) < 4.78 is 10.8. The molecule has 0 radical (unpaired) electrons. The predicted molar refractivity (Wildman–Crippen MR) is 102 cm³/mol. The molecule has 3 rings (SSSR count). The fraction of sp³-hybridized carbons (Fsp3) is 0.158. The van der Waals surface area contributed by atoms with Crippen LogP contribution in [-0.2, 0) is 14.3 Å². The van der Waals surface area contributed by atoms with E-state index in [1.807, 2.05) is 6.92 Å². The van der Waals surface area contributed by atoms with Gasteiger partial charge in [0.05, 0.1) is 12.2 Å². The second kappa shape index (κ2) is 7.96. The largest absolute Gasteiger partial charge is 0.462 e. The second-order valence-electron chi connectivity index (χ2n) is 5.71. The lowest BCUT2D eigenvalue weighted by Crippen LogP contribution is -2.51. The van der Waals surface area contributed by atoms with Crippen LogP contribution in [0, 0.1) is 0 Å². The van der Waals surface area contributed by atoms with Gasteiger partial charge in [0.1, 0.15) is 17.1 Å². The predicted octanol–water partition coefficient (Wildman–Crippen LogP) is 2.43. The fourth-order valence-electron chi connectivity index (χ4n) is 2.41. The van der Waals surface area contributed by atoms with Gasteiger partial charge >= 0.3 is 5.97 Å². The molecule has 0 atom stereocenters. The Kier molecular flexibility index (Phi) is 5.46. The smallest absolute Gasteiger partial charge is 0.338 e. The Bertz CT molecular complexity index is 939. The Morgan fingerprint density at radius 1 is 1.19 bits per heavy atom. The number of hydrogen-bond donors (Lipinski definition) is 2. The number of rotatable bonds is 5. The minimum atomic E-state index is -0.595. The van der Waals surface area contributed by atoms with Gasteiger partial charge in [-0.3, -0.25) is 20.2 Å². The average molecular weight is 384 g/mol. The summed E-state index contributed by atoms with van der Waals surface area (Å²) >= 11 is 4.75. The SMILES string of the molecule is CCCOC(=O)c1cccc(-c2ccc(C=C3C(=O)NC(=S)NC3=O)o2)c1. The molecule has 1 aliphatic heterocycles. The molecular weight excluding hydrogens is 368 g/mol. The summed E-state index contributed by atoms with van der Waals surface area (Å²) in [6, 6.07) is 10.1. The van der Waals surface area contributed by atoms with Crippen LogP contribution in [0.15, 0.2) is 46.4 Å². The number of carbonyl (C=O) groups is 3. The van der Waals surface area contributed by atoms with Crippen molar-refractivity contribution < 1.29 is 23.5 Å². The lowest BCUT2D eigenvalue weighted by atomic mass is 10.1. The Balaban J connectivity index is 1.83. The topological polar surface area (TPSA) is 97.6 Å². The third kappa shape index (κ3) is 4.29. The average Bonchev–Trinajstić information content (AvgIpc) is 3.11. The maximum Gasteiger partial charge on any atom is 0.338 e. The van der Waals surface area contributed by atoms with Crippen LogP contribution in [0.5, 0.6) is 0 Å².